The second kappa shape index (κ2) is 2.78. The highest BCUT2D eigenvalue weighted by Gasteiger charge is 2.39. The van der Waals surface area contributed by atoms with Gasteiger partial charge in [0.05, 0.1) is 0 Å². The molecule has 2 aliphatic carbocycles. The Morgan fingerprint density at radius 3 is 2.17 bits per heavy atom. The van der Waals surface area contributed by atoms with Gasteiger partial charge in [-0.3, -0.25) is 0 Å². The van der Waals surface area contributed by atoms with Gasteiger partial charge in [0.2, 0.25) is 0 Å². The molecule has 0 saturated heterocycles. The van der Waals surface area contributed by atoms with Gasteiger partial charge in [0.15, 0.2) is 0 Å². The zero-order valence-electron chi connectivity index (χ0n) is 8.24. The van der Waals surface area contributed by atoms with Crippen molar-refractivity contribution in [3.8, 4) is 0 Å². The fraction of sp³-hybridized carbons (Fsp3) is 0.750. The summed E-state index contributed by atoms with van der Waals surface area (Å²) in [6, 6.07) is 0. The SMILES string of the molecule is CC1(C)CC1=C=C1CCCCC1. The second-order valence-corrected chi connectivity index (χ2v) is 4.83. The highest BCUT2D eigenvalue weighted by Crippen LogP contribution is 2.50. The van der Waals surface area contributed by atoms with Gasteiger partial charge in [0.25, 0.3) is 0 Å². The van der Waals surface area contributed by atoms with Gasteiger partial charge in [-0.05, 0) is 48.7 Å². The smallest absolute Gasteiger partial charge is 0.00251 e. The molecule has 2 rings (SSSR count). The van der Waals surface area contributed by atoms with Gasteiger partial charge < -0.3 is 0 Å². The van der Waals surface area contributed by atoms with E-state index in [1.807, 2.05) is 0 Å². The molecule has 0 unspecified atom stereocenters. The maximum absolute atomic E-state index is 3.62. The second-order valence-electron chi connectivity index (χ2n) is 4.83. The summed E-state index contributed by atoms with van der Waals surface area (Å²) in [5.74, 6) is 0. The van der Waals surface area contributed by atoms with E-state index in [1.165, 1.54) is 38.5 Å². The molecule has 0 spiro atoms. The van der Waals surface area contributed by atoms with E-state index in [4.69, 9.17) is 0 Å². The molecule has 66 valence electrons. The van der Waals surface area contributed by atoms with Crippen molar-refractivity contribution in [2.75, 3.05) is 0 Å². The van der Waals surface area contributed by atoms with Crippen LogP contribution >= 0.6 is 0 Å². The number of hydrogen-bond donors (Lipinski definition) is 0. The molecule has 0 heterocycles. The van der Waals surface area contributed by atoms with Crippen LogP contribution < -0.4 is 0 Å². The van der Waals surface area contributed by atoms with Crippen LogP contribution in [-0.4, -0.2) is 0 Å². The van der Waals surface area contributed by atoms with Crippen LogP contribution in [0.15, 0.2) is 16.9 Å². The van der Waals surface area contributed by atoms with Crippen LogP contribution in [0.3, 0.4) is 0 Å². The molecule has 0 N–H and O–H groups in total. The highest BCUT2D eigenvalue weighted by atomic mass is 14.4. The first-order valence-electron chi connectivity index (χ1n) is 5.16. The molecule has 2 fully saturated rings. The topological polar surface area (TPSA) is 0 Å². The first-order chi connectivity index (χ1) is 5.68. The standard InChI is InChI=1S/C12H18/c1-12(2)9-11(12)8-10-6-4-3-5-7-10/h3-7,9H2,1-2H3. The lowest BCUT2D eigenvalue weighted by molar-refractivity contribution is 0.599. The van der Waals surface area contributed by atoms with Crippen LogP contribution in [0.2, 0.25) is 0 Å². The van der Waals surface area contributed by atoms with Crippen LogP contribution in [0, 0.1) is 5.41 Å². The fourth-order valence-corrected chi connectivity index (χ4v) is 1.93. The van der Waals surface area contributed by atoms with E-state index in [0.717, 1.165) is 0 Å². The summed E-state index contributed by atoms with van der Waals surface area (Å²) in [5.41, 5.74) is 7.29. The maximum Gasteiger partial charge on any atom is -0.00251 e. The maximum atomic E-state index is 3.62. The van der Waals surface area contributed by atoms with Gasteiger partial charge in [0.1, 0.15) is 0 Å². The molecule has 0 bridgehead atoms. The average molecular weight is 162 g/mol. The predicted molar refractivity (Wildman–Crippen MR) is 52.0 cm³/mol. The Morgan fingerprint density at radius 1 is 1.08 bits per heavy atom. The van der Waals surface area contributed by atoms with E-state index in [-0.39, 0.29) is 0 Å². The van der Waals surface area contributed by atoms with Crippen LogP contribution in [0.5, 0.6) is 0 Å². The summed E-state index contributed by atoms with van der Waals surface area (Å²) in [4.78, 5) is 0. The van der Waals surface area contributed by atoms with Crippen molar-refractivity contribution in [1.82, 2.24) is 0 Å². The van der Waals surface area contributed by atoms with Gasteiger partial charge in [-0.2, -0.15) is 0 Å². The van der Waals surface area contributed by atoms with Gasteiger partial charge >= 0.3 is 0 Å². The fourth-order valence-electron chi connectivity index (χ4n) is 1.93. The van der Waals surface area contributed by atoms with E-state index in [1.54, 1.807) is 11.1 Å². The quantitative estimate of drug-likeness (QED) is 0.475. The third-order valence-electron chi connectivity index (χ3n) is 3.10. The molecule has 0 aromatic carbocycles. The summed E-state index contributed by atoms with van der Waals surface area (Å²) in [5, 5.41) is 0. The number of hydrogen-bond acceptors (Lipinski definition) is 0. The van der Waals surface area contributed by atoms with Crippen molar-refractivity contribution >= 4 is 0 Å². The van der Waals surface area contributed by atoms with E-state index in [0.29, 0.717) is 5.41 Å². The zero-order chi connectivity index (χ0) is 8.60. The molecule has 2 saturated carbocycles. The number of allylic oxidation sites excluding steroid dienone is 1. The molecule has 0 nitrogen and oxygen atoms in total. The molecule has 12 heavy (non-hydrogen) atoms. The molecule has 0 atom stereocenters. The molecule has 0 aliphatic heterocycles. The third-order valence-corrected chi connectivity index (χ3v) is 3.10. The third kappa shape index (κ3) is 1.64. The average Bonchev–Trinajstić information content (AvgIpc) is 2.61. The summed E-state index contributed by atoms with van der Waals surface area (Å²) in [6.45, 7) is 4.64. The predicted octanol–water partition coefficient (Wildman–Crippen LogP) is 3.83. The van der Waals surface area contributed by atoms with Crippen LogP contribution in [0.4, 0.5) is 0 Å². The molecule has 2 aliphatic rings. The van der Waals surface area contributed by atoms with Crippen molar-refractivity contribution in [1.29, 1.82) is 0 Å². The summed E-state index contributed by atoms with van der Waals surface area (Å²) in [7, 11) is 0. The van der Waals surface area contributed by atoms with E-state index < -0.39 is 0 Å². The van der Waals surface area contributed by atoms with Gasteiger partial charge in [-0.25, -0.2) is 0 Å². The van der Waals surface area contributed by atoms with Crippen molar-refractivity contribution < 1.29 is 0 Å². The summed E-state index contributed by atoms with van der Waals surface area (Å²) < 4.78 is 0. The minimum Gasteiger partial charge on any atom is -0.122 e. The Morgan fingerprint density at radius 2 is 1.67 bits per heavy atom. The van der Waals surface area contributed by atoms with E-state index in [2.05, 4.69) is 19.6 Å². The highest BCUT2D eigenvalue weighted by molar-refractivity contribution is 5.30. The molecular formula is C12H18. The lowest BCUT2D eigenvalue weighted by Crippen LogP contribution is -1.91. The van der Waals surface area contributed by atoms with Crippen LogP contribution in [-0.2, 0) is 0 Å². The van der Waals surface area contributed by atoms with Crippen molar-refractivity contribution in [2.24, 2.45) is 5.41 Å². The monoisotopic (exact) mass is 162 g/mol. The van der Waals surface area contributed by atoms with Crippen LogP contribution in [0.25, 0.3) is 0 Å². The lowest BCUT2D eigenvalue weighted by atomic mass is 9.95. The Labute approximate surface area is 75.4 Å². The minimum absolute atomic E-state index is 0.504. The Balaban J connectivity index is 2.12. The number of rotatable bonds is 0. The minimum atomic E-state index is 0.504. The zero-order valence-corrected chi connectivity index (χ0v) is 8.24. The Kier molecular flexibility index (Phi) is 1.88. The van der Waals surface area contributed by atoms with Crippen molar-refractivity contribution in [2.45, 2.75) is 52.4 Å². The molecule has 0 aromatic heterocycles. The first-order valence-corrected chi connectivity index (χ1v) is 5.16. The van der Waals surface area contributed by atoms with Crippen LogP contribution in [0.1, 0.15) is 52.4 Å². The van der Waals surface area contributed by atoms with E-state index >= 15 is 0 Å². The normalized spacial score (nSPS) is 26.8. The van der Waals surface area contributed by atoms with Gasteiger partial charge in [0, 0.05) is 0 Å². The molecular weight excluding hydrogens is 144 g/mol. The molecule has 0 radical (unpaired) electrons. The Hall–Kier alpha value is -0.480. The summed E-state index contributed by atoms with van der Waals surface area (Å²) >= 11 is 0. The molecule has 0 heteroatoms. The van der Waals surface area contributed by atoms with Crippen molar-refractivity contribution in [3.63, 3.8) is 0 Å². The van der Waals surface area contributed by atoms with Gasteiger partial charge in [-0.15, -0.1) is 5.73 Å². The summed E-state index contributed by atoms with van der Waals surface area (Å²) in [6.07, 6.45) is 8.16. The lowest BCUT2D eigenvalue weighted by Gasteiger charge is -2.10. The largest absolute Gasteiger partial charge is 0.122 e. The molecule has 0 aromatic rings. The Bertz CT molecular complexity index is 241. The molecule has 0 amide bonds. The van der Waals surface area contributed by atoms with E-state index in [9.17, 15) is 0 Å². The van der Waals surface area contributed by atoms with Gasteiger partial charge in [-0.1, -0.05) is 20.3 Å². The van der Waals surface area contributed by atoms with Crippen molar-refractivity contribution in [3.05, 3.63) is 16.9 Å². The first kappa shape index (κ1) is 8.13.